The Labute approximate surface area is 103 Å². The van der Waals surface area contributed by atoms with E-state index >= 15 is 0 Å². The van der Waals surface area contributed by atoms with Gasteiger partial charge in [0.15, 0.2) is 0 Å². The van der Waals surface area contributed by atoms with Crippen molar-refractivity contribution in [1.29, 1.82) is 0 Å². The number of hydrogen-bond donors (Lipinski definition) is 1. The Morgan fingerprint density at radius 1 is 1.06 bits per heavy atom. The lowest BCUT2D eigenvalue weighted by Gasteiger charge is -2.26. The number of nitrogens with zero attached hydrogens (tertiary/aromatic N) is 4. The number of nitrogens with one attached hydrogen (secondary N) is 1. The van der Waals surface area contributed by atoms with Crippen molar-refractivity contribution in [3.05, 3.63) is 12.7 Å². The second-order valence-electron chi connectivity index (χ2n) is 4.66. The predicted octanol–water partition coefficient (Wildman–Crippen LogP) is 0.744. The van der Waals surface area contributed by atoms with Crippen LogP contribution in [0.3, 0.4) is 0 Å². The summed E-state index contributed by atoms with van der Waals surface area (Å²) in [6.45, 7) is 6.84. The van der Waals surface area contributed by atoms with Crippen molar-refractivity contribution in [2.45, 2.75) is 32.2 Å². The number of hydrogen-bond acceptors (Lipinski definition) is 4. The molecule has 0 aliphatic carbocycles. The molecule has 0 saturated carbocycles. The summed E-state index contributed by atoms with van der Waals surface area (Å²) in [5.74, 6) is 0. The van der Waals surface area contributed by atoms with Crippen LogP contribution in [0.15, 0.2) is 12.7 Å². The molecule has 0 radical (unpaired) electrons. The third-order valence-electron chi connectivity index (χ3n) is 3.26. The molecule has 2 heterocycles. The van der Waals surface area contributed by atoms with E-state index in [0.29, 0.717) is 0 Å². The largest absolute Gasteiger partial charge is 0.315 e. The van der Waals surface area contributed by atoms with Crippen LogP contribution in [-0.4, -0.2) is 52.4 Å². The molecule has 1 aromatic rings. The maximum absolute atomic E-state index is 4.06. The molecule has 0 spiro atoms. The van der Waals surface area contributed by atoms with Crippen LogP contribution < -0.4 is 5.32 Å². The van der Waals surface area contributed by atoms with Crippen molar-refractivity contribution < 1.29 is 0 Å². The molecule has 1 saturated heterocycles. The number of likely N-dealkylation sites (tertiary alicyclic amines) is 1. The van der Waals surface area contributed by atoms with Gasteiger partial charge in [0, 0.05) is 6.54 Å². The topological polar surface area (TPSA) is 46.0 Å². The van der Waals surface area contributed by atoms with Crippen LogP contribution in [-0.2, 0) is 6.54 Å². The van der Waals surface area contributed by atoms with E-state index in [1.165, 1.54) is 45.3 Å². The molecule has 0 unspecified atom stereocenters. The molecule has 0 atom stereocenters. The standard InChI is InChI=1S/C12H23N5/c1-2-7-16(8-3-1)9-4-5-13-6-10-17-12-14-11-15-17/h11-13H,1-10H2. The van der Waals surface area contributed by atoms with Gasteiger partial charge in [-0.05, 0) is 45.4 Å². The zero-order valence-corrected chi connectivity index (χ0v) is 10.5. The molecule has 0 bridgehead atoms. The fraction of sp³-hybridized carbons (Fsp3) is 0.833. The maximum Gasteiger partial charge on any atom is 0.137 e. The lowest BCUT2D eigenvalue weighted by molar-refractivity contribution is 0.225. The van der Waals surface area contributed by atoms with Crippen LogP contribution in [0.5, 0.6) is 0 Å². The van der Waals surface area contributed by atoms with Crippen LogP contribution in [0.2, 0.25) is 0 Å². The normalized spacial score (nSPS) is 17.4. The molecule has 1 aliphatic rings. The Bertz CT molecular complexity index is 279. The van der Waals surface area contributed by atoms with Crippen LogP contribution in [0.4, 0.5) is 0 Å². The molecule has 0 amide bonds. The molecule has 1 fully saturated rings. The molecule has 2 rings (SSSR count). The fourth-order valence-corrected chi connectivity index (χ4v) is 2.28. The zero-order valence-electron chi connectivity index (χ0n) is 10.5. The first-order valence-corrected chi connectivity index (χ1v) is 6.70. The Balaban J connectivity index is 1.43. The monoisotopic (exact) mass is 237 g/mol. The van der Waals surface area contributed by atoms with Gasteiger partial charge in [-0.1, -0.05) is 6.42 Å². The van der Waals surface area contributed by atoms with Crippen molar-refractivity contribution in [1.82, 2.24) is 25.0 Å². The van der Waals surface area contributed by atoms with E-state index in [-0.39, 0.29) is 0 Å². The van der Waals surface area contributed by atoms with E-state index in [4.69, 9.17) is 0 Å². The second kappa shape index (κ2) is 7.40. The summed E-state index contributed by atoms with van der Waals surface area (Å²) in [6, 6.07) is 0. The molecule has 1 aliphatic heterocycles. The van der Waals surface area contributed by atoms with Gasteiger partial charge in [-0.15, -0.1) is 0 Å². The highest BCUT2D eigenvalue weighted by atomic mass is 15.3. The first kappa shape index (κ1) is 12.5. The minimum atomic E-state index is 0.906. The average Bonchev–Trinajstić information content (AvgIpc) is 2.88. The Morgan fingerprint density at radius 3 is 2.71 bits per heavy atom. The minimum Gasteiger partial charge on any atom is -0.315 e. The number of piperidine rings is 1. The van der Waals surface area contributed by atoms with E-state index in [1.54, 1.807) is 12.7 Å². The lowest BCUT2D eigenvalue weighted by atomic mass is 10.1. The van der Waals surface area contributed by atoms with Crippen molar-refractivity contribution in [3.63, 3.8) is 0 Å². The molecular weight excluding hydrogens is 214 g/mol. The van der Waals surface area contributed by atoms with Crippen LogP contribution >= 0.6 is 0 Å². The van der Waals surface area contributed by atoms with Crippen LogP contribution in [0.1, 0.15) is 25.7 Å². The third kappa shape index (κ3) is 4.83. The summed E-state index contributed by atoms with van der Waals surface area (Å²) in [5, 5.41) is 7.51. The Morgan fingerprint density at radius 2 is 1.94 bits per heavy atom. The van der Waals surface area contributed by atoms with Crippen molar-refractivity contribution in [3.8, 4) is 0 Å². The van der Waals surface area contributed by atoms with Gasteiger partial charge < -0.3 is 10.2 Å². The second-order valence-corrected chi connectivity index (χ2v) is 4.66. The van der Waals surface area contributed by atoms with Gasteiger partial charge in [0.05, 0.1) is 6.54 Å². The van der Waals surface area contributed by atoms with Gasteiger partial charge in [-0.2, -0.15) is 5.10 Å². The smallest absolute Gasteiger partial charge is 0.137 e. The van der Waals surface area contributed by atoms with Gasteiger partial charge in [-0.25, -0.2) is 4.98 Å². The Hall–Kier alpha value is -0.940. The lowest BCUT2D eigenvalue weighted by Crippen LogP contribution is -2.32. The van der Waals surface area contributed by atoms with Gasteiger partial charge in [0.1, 0.15) is 12.7 Å². The molecule has 1 N–H and O–H groups in total. The molecule has 5 nitrogen and oxygen atoms in total. The van der Waals surface area contributed by atoms with Gasteiger partial charge in [-0.3, -0.25) is 4.68 Å². The molecule has 96 valence electrons. The first-order chi connectivity index (χ1) is 8.45. The minimum absolute atomic E-state index is 0.906. The highest BCUT2D eigenvalue weighted by molar-refractivity contribution is 4.65. The predicted molar refractivity (Wildman–Crippen MR) is 67.8 cm³/mol. The third-order valence-corrected chi connectivity index (χ3v) is 3.26. The van der Waals surface area contributed by atoms with E-state index in [1.807, 2.05) is 4.68 Å². The van der Waals surface area contributed by atoms with Crippen molar-refractivity contribution in [2.24, 2.45) is 0 Å². The van der Waals surface area contributed by atoms with Crippen LogP contribution in [0.25, 0.3) is 0 Å². The van der Waals surface area contributed by atoms with Gasteiger partial charge >= 0.3 is 0 Å². The van der Waals surface area contributed by atoms with E-state index in [0.717, 1.165) is 19.6 Å². The highest BCUT2D eigenvalue weighted by Gasteiger charge is 2.08. The summed E-state index contributed by atoms with van der Waals surface area (Å²) in [7, 11) is 0. The zero-order chi connectivity index (χ0) is 11.8. The summed E-state index contributed by atoms with van der Waals surface area (Å²) >= 11 is 0. The highest BCUT2D eigenvalue weighted by Crippen LogP contribution is 2.08. The quantitative estimate of drug-likeness (QED) is 0.711. The Kier molecular flexibility index (Phi) is 5.45. The summed E-state index contributed by atoms with van der Waals surface area (Å²) < 4.78 is 1.86. The van der Waals surface area contributed by atoms with E-state index in [2.05, 4.69) is 20.3 Å². The van der Waals surface area contributed by atoms with Gasteiger partial charge in [0.25, 0.3) is 0 Å². The molecule has 5 heteroatoms. The van der Waals surface area contributed by atoms with Crippen molar-refractivity contribution in [2.75, 3.05) is 32.7 Å². The maximum atomic E-state index is 4.06. The van der Waals surface area contributed by atoms with Gasteiger partial charge in [0.2, 0.25) is 0 Å². The molecule has 17 heavy (non-hydrogen) atoms. The molecule has 0 aromatic carbocycles. The molecule has 1 aromatic heterocycles. The van der Waals surface area contributed by atoms with E-state index < -0.39 is 0 Å². The fourth-order valence-electron chi connectivity index (χ4n) is 2.28. The van der Waals surface area contributed by atoms with Crippen molar-refractivity contribution >= 4 is 0 Å². The first-order valence-electron chi connectivity index (χ1n) is 6.70. The summed E-state index contributed by atoms with van der Waals surface area (Å²) in [4.78, 5) is 6.50. The average molecular weight is 237 g/mol. The number of aromatic nitrogens is 3. The summed E-state index contributed by atoms with van der Waals surface area (Å²) in [5.41, 5.74) is 0. The SMILES string of the molecule is c1ncn(CCNCCCN2CCCCC2)n1. The molecular formula is C12H23N5. The summed E-state index contributed by atoms with van der Waals surface area (Å²) in [6.07, 6.45) is 8.79. The van der Waals surface area contributed by atoms with Crippen LogP contribution in [0, 0.1) is 0 Å². The van der Waals surface area contributed by atoms with E-state index in [9.17, 15) is 0 Å². The number of rotatable bonds is 7.